The Morgan fingerprint density at radius 2 is 1.95 bits per heavy atom. The molecule has 1 aliphatic rings. The Kier molecular flexibility index (Phi) is 6.48. The van der Waals surface area contributed by atoms with Crippen LogP contribution in [0.2, 0.25) is 0 Å². The van der Waals surface area contributed by atoms with Crippen molar-refractivity contribution < 1.29 is 14.7 Å². The van der Waals surface area contributed by atoms with E-state index in [-0.39, 0.29) is 6.03 Å². The number of carboxylic acid groups (broad SMARTS) is 1. The standard InChI is InChI=1S/C13H24N2O3S/c1-9-6-10(2)8-15(7-9)13(18)14-11(12(16)17)4-5-19-3/h9-11H,4-8H2,1-3H3,(H,14,18)(H,16,17). The van der Waals surface area contributed by atoms with Crippen molar-refractivity contribution in [3.63, 3.8) is 0 Å². The first-order chi connectivity index (χ1) is 8.93. The Labute approximate surface area is 119 Å². The van der Waals surface area contributed by atoms with E-state index in [1.807, 2.05) is 6.26 Å². The number of hydrogen-bond acceptors (Lipinski definition) is 3. The second-order valence-corrected chi connectivity index (χ2v) is 6.46. The van der Waals surface area contributed by atoms with Gasteiger partial charge in [-0.15, -0.1) is 0 Å². The van der Waals surface area contributed by atoms with Crippen molar-refractivity contribution in [1.82, 2.24) is 10.2 Å². The maximum absolute atomic E-state index is 12.1. The molecule has 110 valence electrons. The summed E-state index contributed by atoms with van der Waals surface area (Å²) in [7, 11) is 0. The van der Waals surface area contributed by atoms with Gasteiger partial charge in [-0.3, -0.25) is 0 Å². The van der Waals surface area contributed by atoms with E-state index in [2.05, 4.69) is 19.2 Å². The number of nitrogens with zero attached hydrogens (tertiary/aromatic N) is 1. The number of likely N-dealkylation sites (tertiary alicyclic amines) is 1. The summed E-state index contributed by atoms with van der Waals surface area (Å²) in [6.45, 7) is 5.67. The van der Waals surface area contributed by atoms with Gasteiger partial charge in [-0.05, 0) is 36.7 Å². The zero-order valence-electron chi connectivity index (χ0n) is 11.9. The van der Waals surface area contributed by atoms with Crippen LogP contribution in [0.15, 0.2) is 0 Å². The molecule has 0 radical (unpaired) electrons. The SMILES string of the molecule is CSCCC(NC(=O)N1CC(C)CC(C)C1)C(=O)O. The maximum atomic E-state index is 12.1. The number of carbonyl (C=O) groups excluding carboxylic acids is 1. The third-order valence-corrected chi connectivity index (χ3v) is 4.01. The average molecular weight is 288 g/mol. The molecule has 0 saturated carbocycles. The molecule has 0 aromatic carbocycles. The van der Waals surface area contributed by atoms with E-state index in [1.165, 1.54) is 0 Å². The second-order valence-electron chi connectivity index (χ2n) is 5.47. The summed E-state index contributed by atoms with van der Waals surface area (Å²) in [4.78, 5) is 25.0. The lowest BCUT2D eigenvalue weighted by atomic mass is 9.92. The summed E-state index contributed by atoms with van der Waals surface area (Å²) in [6.07, 6.45) is 3.51. The minimum absolute atomic E-state index is 0.244. The Morgan fingerprint density at radius 1 is 1.37 bits per heavy atom. The Balaban J connectivity index is 2.53. The van der Waals surface area contributed by atoms with Crippen LogP contribution in [0, 0.1) is 11.8 Å². The van der Waals surface area contributed by atoms with Crippen molar-refractivity contribution in [2.24, 2.45) is 11.8 Å². The quantitative estimate of drug-likeness (QED) is 0.810. The molecule has 1 rings (SSSR count). The first-order valence-corrected chi connectivity index (χ1v) is 8.10. The summed E-state index contributed by atoms with van der Waals surface area (Å²) < 4.78 is 0. The van der Waals surface area contributed by atoms with Crippen molar-refractivity contribution in [1.29, 1.82) is 0 Å². The molecule has 3 unspecified atom stereocenters. The number of piperidine rings is 1. The van der Waals surface area contributed by atoms with Gasteiger partial charge < -0.3 is 15.3 Å². The first-order valence-electron chi connectivity index (χ1n) is 6.71. The van der Waals surface area contributed by atoms with Gasteiger partial charge in [0.1, 0.15) is 6.04 Å². The smallest absolute Gasteiger partial charge is 0.326 e. The fourth-order valence-electron chi connectivity index (χ4n) is 2.56. The molecule has 3 atom stereocenters. The molecular formula is C13H24N2O3S. The molecular weight excluding hydrogens is 264 g/mol. The largest absolute Gasteiger partial charge is 0.480 e. The normalized spacial score (nSPS) is 24.9. The van der Waals surface area contributed by atoms with E-state index in [0.717, 1.165) is 12.2 Å². The van der Waals surface area contributed by atoms with Gasteiger partial charge in [0.25, 0.3) is 0 Å². The van der Waals surface area contributed by atoms with Gasteiger partial charge in [0.2, 0.25) is 0 Å². The average Bonchev–Trinajstić information content (AvgIpc) is 2.32. The molecule has 0 bridgehead atoms. The fraction of sp³-hybridized carbons (Fsp3) is 0.846. The van der Waals surface area contributed by atoms with Gasteiger partial charge in [-0.25, -0.2) is 9.59 Å². The highest BCUT2D eigenvalue weighted by Crippen LogP contribution is 2.20. The van der Waals surface area contributed by atoms with Crippen molar-refractivity contribution >= 4 is 23.8 Å². The Hall–Kier alpha value is -0.910. The number of rotatable bonds is 5. The molecule has 0 aliphatic carbocycles. The van der Waals surface area contributed by atoms with Crippen molar-refractivity contribution in [2.75, 3.05) is 25.1 Å². The van der Waals surface area contributed by atoms with E-state index in [1.54, 1.807) is 16.7 Å². The van der Waals surface area contributed by atoms with Crippen molar-refractivity contribution in [3.05, 3.63) is 0 Å². The summed E-state index contributed by atoms with van der Waals surface area (Å²) in [5.41, 5.74) is 0. The number of carbonyl (C=O) groups is 2. The molecule has 0 aromatic rings. The second kappa shape index (κ2) is 7.62. The third-order valence-electron chi connectivity index (χ3n) is 3.36. The molecule has 2 N–H and O–H groups in total. The fourth-order valence-corrected chi connectivity index (χ4v) is 3.03. The number of hydrogen-bond donors (Lipinski definition) is 2. The molecule has 5 nitrogen and oxygen atoms in total. The van der Waals surface area contributed by atoms with Crippen LogP contribution in [-0.4, -0.2) is 53.1 Å². The van der Waals surface area contributed by atoms with Gasteiger partial charge >= 0.3 is 12.0 Å². The van der Waals surface area contributed by atoms with Crippen LogP contribution in [0.4, 0.5) is 4.79 Å². The molecule has 1 saturated heterocycles. The molecule has 0 spiro atoms. The van der Waals surface area contributed by atoms with Crippen LogP contribution >= 0.6 is 11.8 Å². The van der Waals surface area contributed by atoms with Crippen LogP contribution in [0.5, 0.6) is 0 Å². The predicted octanol–water partition coefficient (Wildman–Crippen LogP) is 1.88. The number of aliphatic carboxylic acids is 1. The zero-order valence-corrected chi connectivity index (χ0v) is 12.7. The lowest BCUT2D eigenvalue weighted by molar-refractivity contribution is -0.139. The van der Waals surface area contributed by atoms with Crippen LogP contribution in [0.25, 0.3) is 0 Å². The third kappa shape index (κ3) is 5.30. The van der Waals surface area contributed by atoms with Gasteiger partial charge in [0, 0.05) is 13.1 Å². The number of thioether (sulfide) groups is 1. The molecule has 19 heavy (non-hydrogen) atoms. The van der Waals surface area contributed by atoms with Gasteiger partial charge in [0.05, 0.1) is 0 Å². The van der Waals surface area contributed by atoms with E-state index >= 15 is 0 Å². The number of urea groups is 1. The molecule has 0 aromatic heterocycles. The van der Waals surface area contributed by atoms with E-state index < -0.39 is 12.0 Å². The summed E-state index contributed by atoms with van der Waals surface area (Å²) in [6, 6.07) is -1.03. The van der Waals surface area contributed by atoms with E-state index in [4.69, 9.17) is 5.11 Å². The summed E-state index contributed by atoms with van der Waals surface area (Å²) in [5.74, 6) is 0.720. The van der Waals surface area contributed by atoms with E-state index in [9.17, 15) is 9.59 Å². The van der Waals surface area contributed by atoms with Crippen molar-refractivity contribution in [3.8, 4) is 0 Å². The highest BCUT2D eigenvalue weighted by molar-refractivity contribution is 7.98. The summed E-state index contributed by atoms with van der Waals surface area (Å²) >= 11 is 1.58. The van der Waals surface area contributed by atoms with Crippen molar-refractivity contribution in [2.45, 2.75) is 32.7 Å². The highest BCUT2D eigenvalue weighted by atomic mass is 32.2. The monoisotopic (exact) mass is 288 g/mol. The number of carboxylic acids is 1. The maximum Gasteiger partial charge on any atom is 0.326 e. The predicted molar refractivity (Wildman–Crippen MR) is 77.5 cm³/mol. The molecule has 2 amide bonds. The Morgan fingerprint density at radius 3 is 2.42 bits per heavy atom. The molecule has 1 aliphatic heterocycles. The van der Waals surface area contributed by atoms with Crippen LogP contribution in [0.3, 0.4) is 0 Å². The van der Waals surface area contributed by atoms with Crippen LogP contribution < -0.4 is 5.32 Å². The lowest BCUT2D eigenvalue weighted by Gasteiger charge is -2.35. The van der Waals surface area contributed by atoms with Gasteiger partial charge in [0.15, 0.2) is 0 Å². The van der Waals surface area contributed by atoms with Crippen LogP contribution in [-0.2, 0) is 4.79 Å². The van der Waals surface area contributed by atoms with Gasteiger partial charge in [-0.1, -0.05) is 13.8 Å². The minimum Gasteiger partial charge on any atom is -0.480 e. The molecule has 1 fully saturated rings. The topological polar surface area (TPSA) is 69.6 Å². The highest BCUT2D eigenvalue weighted by Gasteiger charge is 2.28. The van der Waals surface area contributed by atoms with Crippen LogP contribution in [0.1, 0.15) is 26.7 Å². The van der Waals surface area contributed by atoms with E-state index in [0.29, 0.717) is 31.3 Å². The zero-order chi connectivity index (χ0) is 14.4. The number of amides is 2. The lowest BCUT2D eigenvalue weighted by Crippen LogP contribution is -2.52. The Bertz CT molecular complexity index is 315. The molecule has 6 heteroatoms. The number of nitrogens with one attached hydrogen (secondary N) is 1. The van der Waals surface area contributed by atoms with Gasteiger partial charge in [-0.2, -0.15) is 11.8 Å². The molecule has 1 heterocycles. The first kappa shape index (κ1) is 16.1. The summed E-state index contributed by atoms with van der Waals surface area (Å²) in [5, 5.41) is 11.7. The minimum atomic E-state index is -0.958.